The lowest BCUT2D eigenvalue weighted by Crippen LogP contribution is -2.26. The van der Waals surface area contributed by atoms with Crippen LogP contribution >= 0.6 is 11.6 Å². The standard InChI is InChI=1S/C30H36ClF4N5O2/c1-3-20(2)8-5-7-15-40-29(30(33,34)35)21(19-38-40)16-28(41)39-23-11-10-22(32)17-24(13-12-23)42-26-9-4-6-14-37-27(36)18-25(26)31/h8-14,18-19,22,25H,3-7,15-17,36H2,1-2H3,(H,39,41)/b11-10-,20-8+,23-12+,24-13+,26-9+,27-18?,37-14-. The van der Waals surface area contributed by atoms with E-state index in [4.69, 9.17) is 22.1 Å². The molecule has 1 aliphatic heterocycles. The van der Waals surface area contributed by atoms with Crippen LogP contribution in [0.2, 0.25) is 0 Å². The summed E-state index contributed by atoms with van der Waals surface area (Å²) in [5, 5.41) is 5.73. The van der Waals surface area contributed by atoms with Gasteiger partial charge < -0.3 is 15.8 Å². The molecule has 2 unspecified atom stereocenters. The highest BCUT2D eigenvalue weighted by Gasteiger charge is 2.38. The number of alkyl halides is 5. The Hall–Kier alpha value is -3.60. The molecular formula is C30H36ClF4N5O2. The second-order valence-electron chi connectivity index (χ2n) is 9.94. The summed E-state index contributed by atoms with van der Waals surface area (Å²) in [4.78, 5) is 16.9. The monoisotopic (exact) mass is 609 g/mol. The number of hydrogen-bond donors (Lipinski definition) is 2. The Morgan fingerprint density at radius 1 is 1.31 bits per heavy atom. The normalized spacial score (nSPS) is 25.5. The molecule has 42 heavy (non-hydrogen) atoms. The molecule has 1 amide bonds. The second-order valence-corrected chi connectivity index (χ2v) is 10.4. The zero-order valence-corrected chi connectivity index (χ0v) is 24.4. The molecule has 2 heterocycles. The number of nitrogens with one attached hydrogen (secondary N) is 1. The lowest BCUT2D eigenvalue weighted by molar-refractivity contribution is -0.144. The minimum absolute atomic E-state index is 0.0678. The number of nitrogens with zero attached hydrogens (tertiary/aromatic N) is 3. The van der Waals surface area contributed by atoms with Crippen molar-refractivity contribution in [3.05, 3.63) is 88.6 Å². The third kappa shape index (κ3) is 10.3. The lowest BCUT2D eigenvalue weighted by Gasteiger charge is -2.18. The van der Waals surface area contributed by atoms with E-state index in [0.717, 1.165) is 17.3 Å². The van der Waals surface area contributed by atoms with Crippen molar-refractivity contribution in [2.24, 2.45) is 10.7 Å². The summed E-state index contributed by atoms with van der Waals surface area (Å²) in [7, 11) is 0. The summed E-state index contributed by atoms with van der Waals surface area (Å²) >= 11 is 6.41. The SMILES string of the molecule is CC/C(C)=C/CCCn1ncc(CC(=O)NC2=C/C=C(/O/C3=C/CC/C=N\C(N)=CC3Cl)CC(F)/C=C\2)c1C(F)(F)F. The van der Waals surface area contributed by atoms with Crippen LogP contribution in [0.5, 0.6) is 0 Å². The number of nitrogens with two attached hydrogens (primary N) is 1. The van der Waals surface area contributed by atoms with Crippen molar-refractivity contribution in [3.8, 4) is 0 Å². The van der Waals surface area contributed by atoms with E-state index in [1.807, 2.05) is 19.9 Å². The molecule has 7 nitrogen and oxygen atoms in total. The number of aromatic nitrogens is 2. The Morgan fingerprint density at radius 3 is 2.83 bits per heavy atom. The van der Waals surface area contributed by atoms with Crippen LogP contribution in [0.4, 0.5) is 17.6 Å². The van der Waals surface area contributed by atoms with Gasteiger partial charge in [-0.3, -0.25) is 9.48 Å². The van der Waals surface area contributed by atoms with Crippen LogP contribution in [-0.4, -0.2) is 33.5 Å². The van der Waals surface area contributed by atoms with Crippen LogP contribution in [-0.2, 0) is 28.7 Å². The number of carbonyl (C=O) groups is 1. The maximum absolute atomic E-state index is 14.6. The lowest BCUT2D eigenvalue weighted by atomic mass is 10.1. The van der Waals surface area contributed by atoms with Gasteiger partial charge in [0.2, 0.25) is 5.91 Å². The maximum Gasteiger partial charge on any atom is 0.433 e. The molecule has 2 atom stereocenters. The third-order valence-electron chi connectivity index (χ3n) is 6.49. The van der Waals surface area contributed by atoms with Crippen molar-refractivity contribution in [3.63, 3.8) is 0 Å². The van der Waals surface area contributed by atoms with Crippen LogP contribution in [0.3, 0.4) is 0 Å². The van der Waals surface area contributed by atoms with E-state index in [2.05, 4.69) is 15.4 Å². The van der Waals surface area contributed by atoms with E-state index in [-0.39, 0.29) is 35.8 Å². The van der Waals surface area contributed by atoms with Gasteiger partial charge >= 0.3 is 6.18 Å². The molecule has 0 bridgehead atoms. The Labute approximate surface area is 248 Å². The van der Waals surface area contributed by atoms with Crippen molar-refractivity contribution < 1.29 is 27.1 Å². The number of hydrogen-bond acceptors (Lipinski definition) is 5. The van der Waals surface area contributed by atoms with E-state index >= 15 is 0 Å². The number of carbonyl (C=O) groups excluding carboxylic acids is 1. The van der Waals surface area contributed by atoms with Crippen molar-refractivity contribution >= 4 is 23.7 Å². The fourth-order valence-electron chi connectivity index (χ4n) is 4.20. The number of unbranched alkanes of at least 4 members (excludes halogenated alkanes) is 1. The first-order chi connectivity index (χ1) is 20.0. The third-order valence-corrected chi connectivity index (χ3v) is 6.83. The highest BCUT2D eigenvalue weighted by Crippen LogP contribution is 2.32. The summed E-state index contributed by atoms with van der Waals surface area (Å²) < 4.78 is 63.2. The summed E-state index contributed by atoms with van der Waals surface area (Å²) in [6.45, 7) is 4.05. The van der Waals surface area contributed by atoms with Crippen LogP contribution < -0.4 is 11.1 Å². The first kappa shape index (κ1) is 32.9. The first-order valence-corrected chi connectivity index (χ1v) is 14.2. The molecule has 0 radical (unpaired) electrons. The average molecular weight is 610 g/mol. The fraction of sp³-hybridized carbons (Fsp3) is 0.433. The van der Waals surface area contributed by atoms with Crippen LogP contribution in [0.15, 0.2) is 82.3 Å². The Balaban J connectivity index is 1.72. The van der Waals surface area contributed by atoms with E-state index in [9.17, 15) is 22.4 Å². The molecule has 2 aliphatic rings. The molecule has 0 saturated heterocycles. The maximum atomic E-state index is 14.6. The zero-order chi connectivity index (χ0) is 30.7. The number of allylic oxidation sites excluding steroid dienone is 9. The fourth-order valence-corrected chi connectivity index (χ4v) is 4.47. The average Bonchev–Trinajstić information content (AvgIpc) is 3.34. The number of aryl methyl sites for hydroxylation is 1. The van der Waals surface area contributed by atoms with Crippen LogP contribution in [0.25, 0.3) is 0 Å². The van der Waals surface area contributed by atoms with E-state index < -0.39 is 35.7 Å². The number of amides is 1. The van der Waals surface area contributed by atoms with Gasteiger partial charge in [0.1, 0.15) is 34.6 Å². The van der Waals surface area contributed by atoms with E-state index in [1.54, 1.807) is 12.3 Å². The second kappa shape index (κ2) is 15.6. The van der Waals surface area contributed by atoms with E-state index in [0.29, 0.717) is 31.4 Å². The highest BCUT2D eigenvalue weighted by molar-refractivity contribution is 6.23. The topological polar surface area (TPSA) is 94.5 Å². The van der Waals surface area contributed by atoms with Gasteiger partial charge in [-0.15, -0.1) is 11.6 Å². The largest absolute Gasteiger partial charge is 0.464 e. The minimum atomic E-state index is -4.69. The molecule has 0 fully saturated rings. The Bertz CT molecular complexity index is 1320. The smallest absolute Gasteiger partial charge is 0.433 e. The highest BCUT2D eigenvalue weighted by atomic mass is 35.5. The number of ether oxygens (including phenoxy) is 1. The summed E-state index contributed by atoms with van der Waals surface area (Å²) in [6, 6.07) is 0. The van der Waals surface area contributed by atoms with Crippen molar-refractivity contribution in [2.75, 3.05) is 0 Å². The molecule has 228 valence electrons. The summed E-state index contributed by atoms with van der Waals surface area (Å²) in [5.41, 5.74) is 5.98. The summed E-state index contributed by atoms with van der Waals surface area (Å²) in [5.74, 6) is 0.130. The predicted octanol–water partition coefficient (Wildman–Crippen LogP) is 6.94. The van der Waals surface area contributed by atoms with Crippen LogP contribution in [0.1, 0.15) is 63.6 Å². The van der Waals surface area contributed by atoms with Crippen molar-refractivity contribution in [1.82, 2.24) is 15.1 Å². The Kier molecular flexibility index (Phi) is 12.2. The predicted molar refractivity (Wildman–Crippen MR) is 156 cm³/mol. The molecule has 1 aromatic rings. The molecule has 1 aliphatic carbocycles. The van der Waals surface area contributed by atoms with Crippen molar-refractivity contribution in [2.45, 2.75) is 83.1 Å². The zero-order valence-electron chi connectivity index (χ0n) is 23.6. The van der Waals surface area contributed by atoms with Crippen molar-refractivity contribution in [1.29, 1.82) is 0 Å². The van der Waals surface area contributed by atoms with E-state index in [1.165, 1.54) is 36.0 Å². The number of halogens is 5. The Morgan fingerprint density at radius 2 is 2.10 bits per heavy atom. The van der Waals surface area contributed by atoms with Gasteiger partial charge in [0.15, 0.2) is 0 Å². The molecule has 3 N–H and O–H groups in total. The molecule has 0 aromatic carbocycles. The van der Waals surface area contributed by atoms with Gasteiger partial charge in [0.25, 0.3) is 0 Å². The number of rotatable bonds is 10. The van der Waals surface area contributed by atoms with Gasteiger partial charge in [-0.2, -0.15) is 18.3 Å². The molecular weight excluding hydrogens is 574 g/mol. The minimum Gasteiger partial charge on any atom is -0.464 e. The van der Waals surface area contributed by atoms with Gasteiger partial charge in [-0.25, -0.2) is 9.38 Å². The van der Waals surface area contributed by atoms with Gasteiger partial charge in [0, 0.05) is 30.4 Å². The molecule has 12 heteroatoms. The molecule has 1 aromatic heterocycles. The van der Waals surface area contributed by atoms with Gasteiger partial charge in [-0.05, 0) is 75.5 Å². The van der Waals surface area contributed by atoms with Gasteiger partial charge in [0.05, 0.1) is 12.6 Å². The molecule has 0 saturated carbocycles. The molecule has 3 rings (SSSR count). The molecule has 0 spiro atoms. The van der Waals surface area contributed by atoms with Gasteiger partial charge in [-0.1, -0.05) is 18.6 Å². The first-order valence-electron chi connectivity index (χ1n) is 13.8. The summed E-state index contributed by atoms with van der Waals surface area (Å²) in [6.07, 6.45) is 9.99. The quantitative estimate of drug-likeness (QED) is 0.130. The number of aliphatic imine (C=N–C) groups is 1. The van der Waals surface area contributed by atoms with Crippen LogP contribution in [0, 0.1) is 0 Å².